The molecule has 0 unspecified atom stereocenters. The van der Waals surface area contributed by atoms with E-state index in [2.05, 4.69) is 46.9 Å². The van der Waals surface area contributed by atoms with Gasteiger partial charge in [0.25, 0.3) is 0 Å². The molecule has 0 radical (unpaired) electrons. The number of aryl methyl sites for hydroxylation is 1. The first-order chi connectivity index (χ1) is 10.1. The summed E-state index contributed by atoms with van der Waals surface area (Å²) in [6.45, 7) is 4.82. The first-order valence-electron chi connectivity index (χ1n) is 6.95. The molecular formula is C17H18ClN3. The van der Waals surface area contributed by atoms with E-state index >= 15 is 0 Å². The molecule has 3 rings (SSSR count). The fraction of sp³-hybridized carbons (Fsp3) is 0.176. The van der Waals surface area contributed by atoms with Crippen LogP contribution in [0.2, 0.25) is 5.02 Å². The molecule has 0 saturated carbocycles. The summed E-state index contributed by atoms with van der Waals surface area (Å²) in [5.41, 5.74) is 8.98. The molecular weight excluding hydrogens is 282 g/mol. The Morgan fingerprint density at radius 1 is 1.10 bits per heavy atom. The topological polar surface area (TPSA) is 27.3 Å². The van der Waals surface area contributed by atoms with E-state index in [-0.39, 0.29) is 0 Å². The molecule has 0 saturated heterocycles. The number of hydrogen-bond donors (Lipinski definition) is 2. The molecule has 21 heavy (non-hydrogen) atoms. The van der Waals surface area contributed by atoms with Crippen molar-refractivity contribution < 1.29 is 0 Å². The van der Waals surface area contributed by atoms with Crippen LogP contribution in [0, 0.1) is 6.92 Å². The molecule has 0 amide bonds. The van der Waals surface area contributed by atoms with Gasteiger partial charge in [-0.1, -0.05) is 48.0 Å². The van der Waals surface area contributed by atoms with Gasteiger partial charge in [-0.25, -0.2) is 0 Å². The van der Waals surface area contributed by atoms with Crippen LogP contribution in [0.5, 0.6) is 0 Å². The van der Waals surface area contributed by atoms with Gasteiger partial charge in [0.2, 0.25) is 0 Å². The highest BCUT2D eigenvalue weighted by molar-refractivity contribution is 6.31. The van der Waals surface area contributed by atoms with Gasteiger partial charge in [-0.3, -0.25) is 10.4 Å². The number of benzene rings is 2. The fourth-order valence-electron chi connectivity index (χ4n) is 2.44. The third kappa shape index (κ3) is 2.83. The highest BCUT2D eigenvalue weighted by Crippen LogP contribution is 2.27. The van der Waals surface area contributed by atoms with Crippen LogP contribution in [0.4, 0.5) is 5.69 Å². The Labute approximate surface area is 130 Å². The van der Waals surface area contributed by atoms with Gasteiger partial charge in [-0.05, 0) is 31.5 Å². The monoisotopic (exact) mass is 299 g/mol. The van der Waals surface area contributed by atoms with Crippen LogP contribution in [-0.2, 0) is 0 Å². The van der Waals surface area contributed by atoms with Crippen LogP contribution in [0.15, 0.2) is 54.2 Å². The predicted octanol–water partition coefficient (Wildman–Crippen LogP) is 4.23. The van der Waals surface area contributed by atoms with Gasteiger partial charge in [-0.2, -0.15) is 0 Å². The highest BCUT2D eigenvalue weighted by Gasteiger charge is 2.20. The smallest absolute Gasteiger partial charge is 0.108 e. The molecule has 1 aliphatic rings. The lowest BCUT2D eigenvalue weighted by Crippen LogP contribution is -2.29. The summed E-state index contributed by atoms with van der Waals surface area (Å²) in [4.78, 5) is 0. The molecule has 3 nitrogen and oxygen atoms in total. The van der Waals surface area contributed by atoms with Crippen LogP contribution in [0.25, 0.3) is 5.70 Å². The summed E-state index contributed by atoms with van der Waals surface area (Å²) < 4.78 is 0. The zero-order chi connectivity index (χ0) is 14.8. The Bertz CT molecular complexity index is 680. The van der Waals surface area contributed by atoms with E-state index in [1.165, 1.54) is 5.56 Å². The number of hydrazine groups is 1. The third-order valence-electron chi connectivity index (χ3n) is 3.61. The molecule has 2 aromatic rings. The van der Waals surface area contributed by atoms with Crippen LogP contribution in [0.3, 0.4) is 0 Å². The van der Waals surface area contributed by atoms with Gasteiger partial charge in [0.05, 0.1) is 11.4 Å². The first kappa shape index (κ1) is 13.8. The number of nitrogens with one attached hydrogen (secondary N) is 2. The summed E-state index contributed by atoms with van der Waals surface area (Å²) in [6.07, 6.45) is 0. The molecule has 4 heteroatoms. The average Bonchev–Trinajstić information content (AvgIpc) is 2.85. The largest absolute Gasteiger partial charge is 0.368 e. The van der Waals surface area contributed by atoms with Crippen molar-refractivity contribution in [1.29, 1.82) is 0 Å². The predicted molar refractivity (Wildman–Crippen MR) is 88.7 cm³/mol. The molecule has 0 aromatic heterocycles. The van der Waals surface area contributed by atoms with Crippen LogP contribution in [-0.4, -0.2) is 11.7 Å². The maximum absolute atomic E-state index is 6.20. The SMILES string of the molecule is CC1=C(c2ccccc2)N(Nc2ccc(C)c(Cl)c2)CN1. The number of anilines is 1. The van der Waals surface area contributed by atoms with Crippen LogP contribution >= 0.6 is 11.6 Å². The highest BCUT2D eigenvalue weighted by atomic mass is 35.5. The number of rotatable bonds is 3. The lowest BCUT2D eigenvalue weighted by atomic mass is 10.1. The Morgan fingerprint density at radius 3 is 2.57 bits per heavy atom. The normalized spacial score (nSPS) is 14.3. The van der Waals surface area contributed by atoms with Crippen LogP contribution in [0.1, 0.15) is 18.1 Å². The maximum atomic E-state index is 6.20. The van der Waals surface area contributed by atoms with Gasteiger partial charge in [-0.15, -0.1) is 0 Å². The molecule has 2 aromatic carbocycles. The number of allylic oxidation sites excluding steroid dienone is 1. The Kier molecular flexibility index (Phi) is 3.76. The van der Waals surface area contributed by atoms with Gasteiger partial charge in [0, 0.05) is 16.3 Å². The lowest BCUT2D eigenvalue weighted by Gasteiger charge is -2.24. The molecule has 0 spiro atoms. The van der Waals surface area contributed by atoms with Crippen LogP contribution < -0.4 is 10.7 Å². The van der Waals surface area contributed by atoms with Crippen molar-refractivity contribution in [1.82, 2.24) is 10.3 Å². The van der Waals surface area contributed by atoms with Gasteiger partial charge >= 0.3 is 0 Å². The zero-order valence-electron chi connectivity index (χ0n) is 12.2. The molecule has 108 valence electrons. The quantitative estimate of drug-likeness (QED) is 0.888. The number of hydrogen-bond acceptors (Lipinski definition) is 3. The third-order valence-corrected chi connectivity index (χ3v) is 4.02. The van der Waals surface area contributed by atoms with Crippen molar-refractivity contribution in [2.24, 2.45) is 0 Å². The molecule has 0 bridgehead atoms. The molecule has 0 fully saturated rings. The van der Waals surface area contributed by atoms with E-state index in [9.17, 15) is 0 Å². The maximum Gasteiger partial charge on any atom is 0.108 e. The lowest BCUT2D eigenvalue weighted by molar-refractivity contribution is 0.483. The van der Waals surface area contributed by atoms with Crippen molar-refractivity contribution in [2.75, 3.05) is 12.1 Å². The van der Waals surface area contributed by atoms with Crippen molar-refractivity contribution in [3.05, 3.63) is 70.4 Å². The van der Waals surface area contributed by atoms with E-state index in [1.54, 1.807) is 0 Å². The van der Waals surface area contributed by atoms with Crippen molar-refractivity contribution >= 4 is 23.0 Å². The van der Waals surface area contributed by atoms with E-state index in [0.717, 1.165) is 34.3 Å². The second-order valence-electron chi connectivity index (χ2n) is 5.18. The van der Waals surface area contributed by atoms with E-state index in [4.69, 9.17) is 11.6 Å². The van der Waals surface area contributed by atoms with Gasteiger partial charge < -0.3 is 5.32 Å². The zero-order valence-corrected chi connectivity index (χ0v) is 12.9. The van der Waals surface area contributed by atoms with Crippen molar-refractivity contribution in [2.45, 2.75) is 13.8 Å². The summed E-state index contributed by atoms with van der Waals surface area (Å²) >= 11 is 6.20. The second-order valence-corrected chi connectivity index (χ2v) is 5.59. The minimum absolute atomic E-state index is 0.724. The number of halogens is 1. The first-order valence-corrected chi connectivity index (χ1v) is 7.33. The van der Waals surface area contributed by atoms with Crippen molar-refractivity contribution in [3.63, 3.8) is 0 Å². The molecule has 0 atom stereocenters. The minimum Gasteiger partial charge on any atom is -0.368 e. The summed E-state index contributed by atoms with van der Waals surface area (Å²) in [6, 6.07) is 16.4. The summed E-state index contributed by atoms with van der Waals surface area (Å²) in [5.74, 6) is 0. The average molecular weight is 300 g/mol. The number of nitrogens with zero attached hydrogens (tertiary/aromatic N) is 1. The van der Waals surface area contributed by atoms with Gasteiger partial charge in [0.15, 0.2) is 0 Å². The Morgan fingerprint density at radius 2 is 1.86 bits per heavy atom. The minimum atomic E-state index is 0.724. The van der Waals surface area contributed by atoms with E-state index in [1.807, 2.05) is 31.2 Å². The van der Waals surface area contributed by atoms with E-state index < -0.39 is 0 Å². The molecule has 1 heterocycles. The Hall–Kier alpha value is -2.13. The van der Waals surface area contributed by atoms with Crippen molar-refractivity contribution in [3.8, 4) is 0 Å². The standard InChI is InChI=1S/C17H18ClN3/c1-12-8-9-15(10-16(12)18)20-21-11-19-13(2)17(21)14-6-4-3-5-7-14/h3-10,19-20H,11H2,1-2H3. The van der Waals surface area contributed by atoms with E-state index in [0.29, 0.717) is 0 Å². The Balaban J connectivity index is 1.87. The molecule has 2 N–H and O–H groups in total. The summed E-state index contributed by atoms with van der Waals surface area (Å²) in [5, 5.41) is 6.25. The molecule has 1 aliphatic heterocycles. The van der Waals surface area contributed by atoms with Gasteiger partial charge in [0.1, 0.15) is 6.67 Å². The molecule has 0 aliphatic carbocycles. The summed E-state index contributed by atoms with van der Waals surface area (Å²) in [7, 11) is 0. The second kappa shape index (κ2) is 5.70. The fourth-order valence-corrected chi connectivity index (χ4v) is 2.63.